The van der Waals surface area contributed by atoms with Crippen molar-refractivity contribution in [3.8, 4) is 17.2 Å². The third kappa shape index (κ3) is 4.20. The molecule has 0 unspecified atom stereocenters. The molecule has 0 atom stereocenters. The Hall–Kier alpha value is -1.91. The van der Waals surface area contributed by atoms with Gasteiger partial charge in [-0.1, -0.05) is 12.8 Å². The fourth-order valence-electron chi connectivity index (χ4n) is 4.23. The molecule has 2 saturated carbocycles. The van der Waals surface area contributed by atoms with Crippen molar-refractivity contribution in [1.29, 1.82) is 0 Å². The Balaban J connectivity index is 1.21. The van der Waals surface area contributed by atoms with E-state index in [0.717, 1.165) is 42.9 Å². The van der Waals surface area contributed by atoms with E-state index in [-0.39, 0.29) is 18.8 Å². The summed E-state index contributed by atoms with van der Waals surface area (Å²) in [6.45, 7) is 0.282. The SMILES string of the molecule is O=C(CC1CCCC1)NC1CCC(Oc2ccc3c(c2)OCO3)CC1. The normalized spacial score (nSPS) is 25.8. The lowest BCUT2D eigenvalue weighted by molar-refractivity contribution is -0.123. The van der Waals surface area contributed by atoms with E-state index in [1.807, 2.05) is 18.2 Å². The molecule has 0 spiro atoms. The molecule has 1 aromatic rings. The van der Waals surface area contributed by atoms with Crippen LogP contribution in [0.3, 0.4) is 0 Å². The van der Waals surface area contributed by atoms with Gasteiger partial charge in [0.15, 0.2) is 11.5 Å². The summed E-state index contributed by atoms with van der Waals surface area (Å²) in [6, 6.07) is 6.04. The van der Waals surface area contributed by atoms with Gasteiger partial charge in [0.05, 0.1) is 6.10 Å². The quantitative estimate of drug-likeness (QED) is 0.882. The number of carbonyl (C=O) groups excluding carboxylic acids is 1. The van der Waals surface area contributed by atoms with E-state index >= 15 is 0 Å². The van der Waals surface area contributed by atoms with Crippen LogP contribution >= 0.6 is 0 Å². The Kier molecular flexibility index (Phi) is 4.99. The fraction of sp³-hybridized carbons (Fsp3) is 0.650. The summed E-state index contributed by atoms with van der Waals surface area (Å²) in [5, 5.41) is 3.23. The van der Waals surface area contributed by atoms with Gasteiger partial charge in [0.25, 0.3) is 0 Å². The topological polar surface area (TPSA) is 56.8 Å². The number of fused-ring (bicyclic) bond motifs is 1. The van der Waals surface area contributed by atoms with Gasteiger partial charge in [0.2, 0.25) is 12.7 Å². The average molecular weight is 345 g/mol. The molecular formula is C20H27NO4. The summed E-state index contributed by atoms with van der Waals surface area (Å²) in [5.41, 5.74) is 0. The Bertz CT molecular complexity index is 604. The lowest BCUT2D eigenvalue weighted by atomic mass is 9.92. The second kappa shape index (κ2) is 7.54. The average Bonchev–Trinajstić information content (AvgIpc) is 3.27. The molecule has 1 N–H and O–H groups in total. The second-order valence-electron chi connectivity index (χ2n) is 7.53. The van der Waals surface area contributed by atoms with Crippen molar-refractivity contribution in [1.82, 2.24) is 5.32 Å². The van der Waals surface area contributed by atoms with Crippen LogP contribution in [0.4, 0.5) is 0 Å². The molecule has 0 radical (unpaired) electrons. The summed E-state index contributed by atoms with van der Waals surface area (Å²) < 4.78 is 16.8. The highest BCUT2D eigenvalue weighted by Crippen LogP contribution is 2.36. The first kappa shape index (κ1) is 16.6. The number of carbonyl (C=O) groups is 1. The number of hydrogen-bond donors (Lipinski definition) is 1. The van der Waals surface area contributed by atoms with E-state index in [9.17, 15) is 4.79 Å². The lowest BCUT2D eigenvalue weighted by Crippen LogP contribution is -2.40. The smallest absolute Gasteiger partial charge is 0.231 e. The maximum Gasteiger partial charge on any atom is 0.231 e. The number of ether oxygens (including phenoxy) is 3. The van der Waals surface area contributed by atoms with Crippen LogP contribution in [-0.2, 0) is 4.79 Å². The van der Waals surface area contributed by atoms with Gasteiger partial charge < -0.3 is 19.5 Å². The van der Waals surface area contributed by atoms with Crippen molar-refractivity contribution < 1.29 is 19.0 Å². The molecule has 25 heavy (non-hydrogen) atoms. The molecule has 5 heteroatoms. The standard InChI is InChI=1S/C20H27NO4/c22-20(11-14-3-1-2-4-14)21-15-5-7-16(8-6-15)25-17-9-10-18-19(12-17)24-13-23-18/h9-10,12,14-16H,1-8,11,13H2,(H,21,22). The van der Waals surface area contributed by atoms with Crippen molar-refractivity contribution in [3.63, 3.8) is 0 Å². The molecule has 136 valence electrons. The lowest BCUT2D eigenvalue weighted by Gasteiger charge is -2.29. The number of hydrogen-bond acceptors (Lipinski definition) is 4. The number of benzene rings is 1. The van der Waals surface area contributed by atoms with Crippen molar-refractivity contribution in [2.24, 2.45) is 5.92 Å². The van der Waals surface area contributed by atoms with Gasteiger partial charge >= 0.3 is 0 Å². The minimum Gasteiger partial charge on any atom is -0.490 e. The van der Waals surface area contributed by atoms with E-state index in [1.54, 1.807) is 0 Å². The van der Waals surface area contributed by atoms with Gasteiger partial charge in [-0.25, -0.2) is 0 Å². The zero-order chi connectivity index (χ0) is 17.1. The Morgan fingerprint density at radius 1 is 1.04 bits per heavy atom. The molecule has 4 rings (SSSR count). The van der Waals surface area contributed by atoms with E-state index in [0.29, 0.717) is 18.4 Å². The molecule has 0 bridgehead atoms. The first-order valence-electron chi connectivity index (χ1n) is 9.62. The highest BCUT2D eigenvalue weighted by molar-refractivity contribution is 5.76. The molecule has 1 heterocycles. The Morgan fingerprint density at radius 2 is 1.80 bits per heavy atom. The van der Waals surface area contributed by atoms with Gasteiger partial charge in [0.1, 0.15) is 5.75 Å². The van der Waals surface area contributed by atoms with Crippen molar-refractivity contribution in [2.75, 3.05) is 6.79 Å². The molecule has 1 amide bonds. The second-order valence-corrected chi connectivity index (χ2v) is 7.53. The predicted octanol–water partition coefficient (Wildman–Crippen LogP) is 3.80. The van der Waals surface area contributed by atoms with E-state index in [4.69, 9.17) is 14.2 Å². The van der Waals surface area contributed by atoms with Crippen LogP contribution in [0.5, 0.6) is 17.2 Å². The molecule has 2 aliphatic carbocycles. The zero-order valence-electron chi connectivity index (χ0n) is 14.7. The molecular weight excluding hydrogens is 318 g/mol. The zero-order valence-corrected chi connectivity index (χ0v) is 14.7. The fourth-order valence-corrected chi connectivity index (χ4v) is 4.23. The predicted molar refractivity (Wildman–Crippen MR) is 94.0 cm³/mol. The largest absolute Gasteiger partial charge is 0.490 e. The van der Waals surface area contributed by atoms with Gasteiger partial charge in [-0.05, 0) is 56.6 Å². The van der Waals surface area contributed by atoms with Gasteiger partial charge in [-0.15, -0.1) is 0 Å². The summed E-state index contributed by atoms with van der Waals surface area (Å²) in [7, 11) is 0. The summed E-state index contributed by atoms with van der Waals surface area (Å²) >= 11 is 0. The van der Waals surface area contributed by atoms with Crippen LogP contribution in [0.2, 0.25) is 0 Å². The number of amides is 1. The first-order valence-corrected chi connectivity index (χ1v) is 9.62. The molecule has 2 fully saturated rings. The van der Waals surface area contributed by atoms with Gasteiger partial charge in [0, 0.05) is 18.5 Å². The summed E-state index contributed by atoms with van der Waals surface area (Å²) in [4.78, 5) is 12.2. The van der Waals surface area contributed by atoms with Gasteiger partial charge in [-0.2, -0.15) is 0 Å². The van der Waals surface area contributed by atoms with E-state index in [1.165, 1.54) is 25.7 Å². The van der Waals surface area contributed by atoms with Crippen LogP contribution in [0.25, 0.3) is 0 Å². The van der Waals surface area contributed by atoms with Crippen LogP contribution in [0.1, 0.15) is 57.8 Å². The molecule has 0 saturated heterocycles. The Labute approximate surface area is 149 Å². The van der Waals surface area contributed by atoms with Crippen molar-refractivity contribution in [2.45, 2.75) is 69.9 Å². The van der Waals surface area contributed by atoms with Crippen LogP contribution in [0.15, 0.2) is 18.2 Å². The first-order chi connectivity index (χ1) is 12.3. The van der Waals surface area contributed by atoms with Crippen molar-refractivity contribution >= 4 is 5.91 Å². The highest BCUT2D eigenvalue weighted by atomic mass is 16.7. The molecule has 1 aromatic carbocycles. The summed E-state index contributed by atoms with van der Waals surface area (Å²) in [5.74, 6) is 3.22. The highest BCUT2D eigenvalue weighted by Gasteiger charge is 2.25. The van der Waals surface area contributed by atoms with Gasteiger partial charge in [-0.3, -0.25) is 4.79 Å². The monoisotopic (exact) mass is 345 g/mol. The minimum absolute atomic E-state index is 0.211. The van der Waals surface area contributed by atoms with Crippen LogP contribution < -0.4 is 19.5 Å². The number of nitrogens with one attached hydrogen (secondary N) is 1. The third-order valence-electron chi connectivity index (χ3n) is 5.63. The number of rotatable bonds is 5. The maximum absolute atomic E-state index is 12.2. The molecule has 1 aliphatic heterocycles. The van der Waals surface area contributed by atoms with Crippen LogP contribution in [0, 0.1) is 5.92 Å². The minimum atomic E-state index is 0.211. The molecule has 3 aliphatic rings. The third-order valence-corrected chi connectivity index (χ3v) is 5.63. The summed E-state index contributed by atoms with van der Waals surface area (Å²) in [6.07, 6.45) is 9.90. The Morgan fingerprint density at radius 3 is 2.60 bits per heavy atom. The van der Waals surface area contributed by atoms with E-state index < -0.39 is 0 Å². The maximum atomic E-state index is 12.2. The van der Waals surface area contributed by atoms with Crippen LogP contribution in [-0.4, -0.2) is 24.8 Å². The van der Waals surface area contributed by atoms with E-state index in [2.05, 4.69) is 5.32 Å². The van der Waals surface area contributed by atoms with Crippen molar-refractivity contribution in [3.05, 3.63) is 18.2 Å². The molecule has 0 aromatic heterocycles. The molecule has 5 nitrogen and oxygen atoms in total.